The molecule has 2 aromatic rings. The second-order valence-corrected chi connectivity index (χ2v) is 4.46. The van der Waals surface area contributed by atoms with Crippen molar-refractivity contribution < 1.29 is 14.2 Å². The number of aliphatic hydroxyl groups excluding tert-OH is 1. The fourth-order valence-electron chi connectivity index (χ4n) is 1.78. The maximum absolute atomic E-state index is 13.2. The topological polar surface area (TPSA) is 53.2 Å². The number of aliphatic hydroxyl groups is 1. The Kier molecular flexibility index (Phi) is 4.34. The van der Waals surface area contributed by atoms with E-state index in [1.165, 1.54) is 12.1 Å². The van der Waals surface area contributed by atoms with Crippen LogP contribution in [0.3, 0.4) is 0 Å². The van der Waals surface area contributed by atoms with E-state index in [-0.39, 0.29) is 12.2 Å². The molecule has 102 valence electrons. The molecule has 0 amide bonds. The molecule has 0 aliphatic rings. The average Bonchev–Trinajstić information content (AvgIpc) is 2.46. The molecule has 0 saturated heterocycles. The van der Waals surface area contributed by atoms with Crippen molar-refractivity contribution in [1.82, 2.24) is 0 Å². The molecule has 0 radical (unpaired) electrons. The molecule has 0 aromatic heterocycles. The third-order valence-electron chi connectivity index (χ3n) is 2.90. The molecule has 0 aliphatic carbocycles. The van der Waals surface area contributed by atoms with Crippen LogP contribution in [0.25, 0.3) is 0 Å². The number of ether oxygens (including phenoxy) is 1. The Bertz CT molecular complexity index is 647. The van der Waals surface area contributed by atoms with Crippen molar-refractivity contribution in [2.75, 3.05) is 0 Å². The number of hydrogen-bond donors (Lipinski definition) is 1. The Labute approximate surface area is 116 Å². The molecule has 0 aliphatic heterocycles. The maximum Gasteiger partial charge on any atom is 0.140 e. The van der Waals surface area contributed by atoms with Gasteiger partial charge in [0.05, 0.1) is 11.7 Å². The molecule has 3 nitrogen and oxygen atoms in total. The first kappa shape index (κ1) is 14.0. The summed E-state index contributed by atoms with van der Waals surface area (Å²) < 4.78 is 18.8. The SMILES string of the molecule is CC(O)c1cccc(OCc2ccc(F)c(C#N)c2)c1. The van der Waals surface area contributed by atoms with E-state index in [4.69, 9.17) is 10.00 Å². The van der Waals surface area contributed by atoms with Crippen LogP contribution in [-0.2, 0) is 6.61 Å². The zero-order valence-electron chi connectivity index (χ0n) is 11.0. The number of hydrogen-bond acceptors (Lipinski definition) is 3. The molecule has 0 fully saturated rings. The van der Waals surface area contributed by atoms with Gasteiger partial charge in [-0.3, -0.25) is 0 Å². The second kappa shape index (κ2) is 6.18. The molecule has 0 bridgehead atoms. The molecule has 0 saturated carbocycles. The number of rotatable bonds is 4. The van der Waals surface area contributed by atoms with Crippen molar-refractivity contribution in [2.24, 2.45) is 0 Å². The van der Waals surface area contributed by atoms with Gasteiger partial charge in [0.25, 0.3) is 0 Å². The molecule has 20 heavy (non-hydrogen) atoms. The summed E-state index contributed by atoms with van der Waals surface area (Å²) in [6.45, 7) is 1.91. The predicted molar refractivity (Wildman–Crippen MR) is 72.5 cm³/mol. The quantitative estimate of drug-likeness (QED) is 0.928. The van der Waals surface area contributed by atoms with Gasteiger partial charge >= 0.3 is 0 Å². The molecule has 0 spiro atoms. The first-order valence-corrected chi connectivity index (χ1v) is 6.19. The van der Waals surface area contributed by atoms with Gasteiger partial charge in [0, 0.05) is 0 Å². The first-order valence-electron chi connectivity index (χ1n) is 6.19. The van der Waals surface area contributed by atoms with Crippen LogP contribution >= 0.6 is 0 Å². The molecular formula is C16H14FNO2. The molecule has 1 unspecified atom stereocenters. The van der Waals surface area contributed by atoms with Crippen molar-refractivity contribution in [3.05, 3.63) is 65.0 Å². The zero-order valence-corrected chi connectivity index (χ0v) is 11.0. The standard InChI is InChI=1S/C16H14FNO2/c1-11(19)13-3-2-4-15(8-13)20-10-12-5-6-16(17)14(7-12)9-18/h2-8,11,19H,10H2,1H3. The largest absolute Gasteiger partial charge is 0.489 e. The van der Waals surface area contributed by atoms with Gasteiger partial charge in [-0.15, -0.1) is 0 Å². The fourth-order valence-corrected chi connectivity index (χ4v) is 1.78. The van der Waals surface area contributed by atoms with Crippen LogP contribution in [0.15, 0.2) is 42.5 Å². The normalized spacial score (nSPS) is 11.7. The summed E-state index contributed by atoms with van der Waals surface area (Å²) in [5.74, 6) is 0.0820. The van der Waals surface area contributed by atoms with E-state index < -0.39 is 11.9 Å². The van der Waals surface area contributed by atoms with Crippen molar-refractivity contribution >= 4 is 0 Å². The number of nitriles is 1. The minimum Gasteiger partial charge on any atom is -0.489 e. The highest BCUT2D eigenvalue weighted by Crippen LogP contribution is 2.20. The van der Waals surface area contributed by atoms with Gasteiger partial charge in [-0.05, 0) is 42.3 Å². The van der Waals surface area contributed by atoms with E-state index in [1.54, 1.807) is 37.3 Å². The third-order valence-corrected chi connectivity index (χ3v) is 2.90. The first-order chi connectivity index (χ1) is 9.60. The Morgan fingerprint density at radius 3 is 2.80 bits per heavy atom. The summed E-state index contributed by atoms with van der Waals surface area (Å²) in [5.41, 5.74) is 1.48. The molecule has 4 heteroatoms. The molecule has 1 N–H and O–H groups in total. The lowest BCUT2D eigenvalue weighted by Gasteiger charge is -2.10. The Hall–Kier alpha value is -2.38. The lowest BCUT2D eigenvalue weighted by atomic mass is 10.1. The Morgan fingerprint density at radius 2 is 2.10 bits per heavy atom. The average molecular weight is 271 g/mol. The van der Waals surface area contributed by atoms with E-state index in [9.17, 15) is 9.50 Å². The van der Waals surface area contributed by atoms with Crippen LogP contribution in [0.1, 0.15) is 29.7 Å². The lowest BCUT2D eigenvalue weighted by molar-refractivity contribution is 0.198. The van der Waals surface area contributed by atoms with Crippen LogP contribution in [0.5, 0.6) is 5.75 Å². The van der Waals surface area contributed by atoms with Crippen LogP contribution < -0.4 is 4.74 Å². The summed E-state index contributed by atoms with van der Waals surface area (Å²) in [6, 6.07) is 13.2. The summed E-state index contributed by atoms with van der Waals surface area (Å²) in [4.78, 5) is 0. The molecule has 0 heterocycles. The fraction of sp³-hybridized carbons (Fsp3) is 0.188. The van der Waals surface area contributed by atoms with Crippen molar-refractivity contribution in [2.45, 2.75) is 19.6 Å². The second-order valence-electron chi connectivity index (χ2n) is 4.46. The van der Waals surface area contributed by atoms with Gasteiger partial charge in [0.15, 0.2) is 0 Å². The minimum atomic E-state index is -0.561. The van der Waals surface area contributed by atoms with E-state index in [2.05, 4.69) is 0 Å². The van der Waals surface area contributed by atoms with E-state index in [0.717, 1.165) is 5.56 Å². The highest BCUT2D eigenvalue weighted by molar-refractivity contribution is 5.35. The van der Waals surface area contributed by atoms with Crippen LogP contribution in [0, 0.1) is 17.1 Å². The van der Waals surface area contributed by atoms with Crippen LogP contribution in [-0.4, -0.2) is 5.11 Å². The number of nitrogens with zero attached hydrogens (tertiary/aromatic N) is 1. The third kappa shape index (κ3) is 3.34. The smallest absolute Gasteiger partial charge is 0.140 e. The Balaban J connectivity index is 2.09. The maximum atomic E-state index is 13.2. The van der Waals surface area contributed by atoms with Crippen molar-refractivity contribution in [1.29, 1.82) is 5.26 Å². The molecule has 2 aromatic carbocycles. The van der Waals surface area contributed by atoms with Gasteiger partial charge in [-0.25, -0.2) is 4.39 Å². The molecule has 2 rings (SSSR count). The Morgan fingerprint density at radius 1 is 1.30 bits per heavy atom. The highest BCUT2D eigenvalue weighted by Gasteiger charge is 2.05. The zero-order chi connectivity index (χ0) is 14.5. The summed E-state index contributed by atoms with van der Waals surface area (Å²) in [7, 11) is 0. The monoisotopic (exact) mass is 271 g/mol. The highest BCUT2D eigenvalue weighted by atomic mass is 19.1. The van der Waals surface area contributed by atoms with E-state index in [0.29, 0.717) is 11.3 Å². The van der Waals surface area contributed by atoms with Crippen molar-refractivity contribution in [3.63, 3.8) is 0 Å². The lowest BCUT2D eigenvalue weighted by Crippen LogP contribution is -1.98. The minimum absolute atomic E-state index is 0.00355. The predicted octanol–water partition coefficient (Wildman–Crippen LogP) is 3.33. The van der Waals surface area contributed by atoms with Crippen LogP contribution in [0.4, 0.5) is 4.39 Å². The van der Waals surface area contributed by atoms with Crippen LogP contribution in [0.2, 0.25) is 0 Å². The van der Waals surface area contributed by atoms with Crippen molar-refractivity contribution in [3.8, 4) is 11.8 Å². The van der Waals surface area contributed by atoms with Gasteiger partial charge in [-0.2, -0.15) is 5.26 Å². The van der Waals surface area contributed by atoms with Gasteiger partial charge < -0.3 is 9.84 Å². The van der Waals surface area contributed by atoms with E-state index in [1.807, 2.05) is 6.07 Å². The van der Waals surface area contributed by atoms with Gasteiger partial charge in [0.2, 0.25) is 0 Å². The molecule has 1 atom stereocenters. The number of benzene rings is 2. The summed E-state index contributed by atoms with van der Waals surface area (Å²) in [5, 5.41) is 18.3. The van der Waals surface area contributed by atoms with E-state index >= 15 is 0 Å². The summed E-state index contributed by atoms with van der Waals surface area (Å²) >= 11 is 0. The number of halogens is 1. The van der Waals surface area contributed by atoms with Gasteiger partial charge in [0.1, 0.15) is 24.2 Å². The molecular weight excluding hydrogens is 257 g/mol. The summed E-state index contributed by atoms with van der Waals surface area (Å²) in [6.07, 6.45) is -0.561. The van der Waals surface area contributed by atoms with Gasteiger partial charge in [-0.1, -0.05) is 18.2 Å².